The Kier molecular flexibility index (Phi) is 5.66. The van der Waals surface area contributed by atoms with Crippen LogP contribution in [0.4, 0.5) is 0 Å². The van der Waals surface area contributed by atoms with E-state index in [0.29, 0.717) is 6.42 Å². The van der Waals surface area contributed by atoms with Gasteiger partial charge in [-0.1, -0.05) is 12.1 Å². The minimum absolute atomic E-state index is 0.117. The van der Waals surface area contributed by atoms with Gasteiger partial charge in [0.05, 0.1) is 12.7 Å². The molecule has 20 heavy (non-hydrogen) atoms. The maximum atomic E-state index is 11.4. The molecule has 0 atom stereocenters. The molecule has 0 fully saturated rings. The van der Waals surface area contributed by atoms with Crippen LogP contribution in [0, 0.1) is 0 Å². The molecule has 0 bridgehead atoms. The zero-order valence-corrected chi connectivity index (χ0v) is 11.6. The van der Waals surface area contributed by atoms with Gasteiger partial charge in [-0.15, -0.1) is 0 Å². The predicted octanol–water partition coefficient (Wildman–Crippen LogP) is 0.0197. The van der Waals surface area contributed by atoms with Crippen LogP contribution in [0.15, 0.2) is 24.3 Å². The van der Waals surface area contributed by atoms with Gasteiger partial charge in [0.2, 0.25) is 10.0 Å². The third kappa shape index (κ3) is 5.37. The molecule has 0 aliphatic rings. The van der Waals surface area contributed by atoms with Gasteiger partial charge in [-0.05, 0) is 24.1 Å². The first-order chi connectivity index (χ1) is 9.34. The number of carboxylic acids is 1. The number of ether oxygens (including phenoxy) is 1. The number of carboxylic acid groups (broad SMARTS) is 1. The molecule has 0 aromatic heterocycles. The van der Waals surface area contributed by atoms with Crippen LogP contribution in [-0.4, -0.2) is 44.9 Å². The van der Waals surface area contributed by atoms with Crippen LogP contribution in [0.25, 0.3) is 0 Å². The molecule has 1 rings (SSSR count). The Balaban J connectivity index is 2.48. The molecule has 0 spiro atoms. The van der Waals surface area contributed by atoms with E-state index < -0.39 is 27.7 Å². The highest BCUT2D eigenvalue weighted by atomic mass is 32.2. The second-order valence-corrected chi connectivity index (χ2v) is 5.79. The number of aromatic carboxylic acids is 1. The van der Waals surface area contributed by atoms with E-state index in [1.807, 2.05) is 0 Å². The third-order valence-electron chi connectivity index (χ3n) is 2.47. The fraction of sp³-hybridized carbons (Fsp3) is 0.333. The van der Waals surface area contributed by atoms with Crippen molar-refractivity contribution in [3.05, 3.63) is 35.4 Å². The van der Waals surface area contributed by atoms with Crippen LogP contribution in [0.5, 0.6) is 0 Å². The van der Waals surface area contributed by atoms with Crippen molar-refractivity contribution in [1.82, 2.24) is 4.72 Å². The summed E-state index contributed by atoms with van der Waals surface area (Å²) < 4.78 is 29.4. The summed E-state index contributed by atoms with van der Waals surface area (Å²) in [5, 5.41) is 8.73. The average Bonchev–Trinajstić information content (AvgIpc) is 2.38. The predicted molar refractivity (Wildman–Crippen MR) is 70.9 cm³/mol. The Morgan fingerprint density at radius 3 is 2.35 bits per heavy atom. The summed E-state index contributed by atoms with van der Waals surface area (Å²) in [6.07, 6.45) is 0.389. The van der Waals surface area contributed by atoms with Crippen LogP contribution in [0.2, 0.25) is 0 Å². The van der Waals surface area contributed by atoms with Crippen molar-refractivity contribution in [2.24, 2.45) is 0 Å². The molecule has 0 aliphatic carbocycles. The topological polar surface area (TPSA) is 110 Å². The van der Waals surface area contributed by atoms with Crippen LogP contribution in [-0.2, 0) is 26.0 Å². The lowest BCUT2D eigenvalue weighted by atomic mass is 10.1. The molecule has 7 nitrogen and oxygen atoms in total. The molecule has 0 amide bonds. The van der Waals surface area contributed by atoms with Crippen molar-refractivity contribution in [3.63, 3.8) is 0 Å². The summed E-state index contributed by atoms with van der Waals surface area (Å²) in [5.41, 5.74) is 0.954. The minimum atomic E-state index is -3.70. The van der Waals surface area contributed by atoms with Gasteiger partial charge in [0.15, 0.2) is 5.75 Å². The largest absolute Gasteiger partial charge is 0.478 e. The number of hydrogen-bond acceptors (Lipinski definition) is 5. The first kappa shape index (κ1) is 16.1. The summed E-state index contributed by atoms with van der Waals surface area (Å²) >= 11 is 0. The maximum absolute atomic E-state index is 11.4. The van der Waals surface area contributed by atoms with E-state index in [-0.39, 0.29) is 12.1 Å². The van der Waals surface area contributed by atoms with Gasteiger partial charge in [-0.2, -0.15) is 0 Å². The van der Waals surface area contributed by atoms with Crippen LogP contribution in [0.1, 0.15) is 15.9 Å². The lowest BCUT2D eigenvalue weighted by molar-refractivity contribution is -0.137. The zero-order chi connectivity index (χ0) is 15.2. The highest BCUT2D eigenvalue weighted by Crippen LogP contribution is 2.05. The van der Waals surface area contributed by atoms with Gasteiger partial charge in [0, 0.05) is 6.54 Å². The summed E-state index contributed by atoms with van der Waals surface area (Å²) in [6, 6.07) is 6.11. The molecule has 1 aromatic rings. The van der Waals surface area contributed by atoms with Crippen molar-refractivity contribution in [1.29, 1.82) is 0 Å². The molecular weight excluding hydrogens is 286 g/mol. The monoisotopic (exact) mass is 301 g/mol. The molecule has 0 unspecified atom stereocenters. The number of benzene rings is 1. The number of esters is 1. The second-order valence-electron chi connectivity index (χ2n) is 3.98. The number of rotatable bonds is 7. The van der Waals surface area contributed by atoms with E-state index in [2.05, 4.69) is 9.46 Å². The van der Waals surface area contributed by atoms with Crippen molar-refractivity contribution >= 4 is 22.0 Å². The Hall–Kier alpha value is -1.93. The van der Waals surface area contributed by atoms with E-state index in [9.17, 15) is 18.0 Å². The highest BCUT2D eigenvalue weighted by molar-refractivity contribution is 7.90. The highest BCUT2D eigenvalue weighted by Gasteiger charge is 2.15. The Morgan fingerprint density at radius 1 is 1.25 bits per heavy atom. The van der Waals surface area contributed by atoms with E-state index in [0.717, 1.165) is 12.7 Å². The molecule has 0 heterocycles. The fourth-order valence-corrected chi connectivity index (χ4v) is 2.37. The molecule has 1 aromatic carbocycles. The Labute approximate surface area is 116 Å². The van der Waals surface area contributed by atoms with E-state index >= 15 is 0 Å². The van der Waals surface area contributed by atoms with Gasteiger partial charge < -0.3 is 9.84 Å². The first-order valence-corrected chi connectivity index (χ1v) is 7.35. The minimum Gasteiger partial charge on any atom is -0.478 e. The first-order valence-electron chi connectivity index (χ1n) is 5.70. The number of hydrogen-bond donors (Lipinski definition) is 2. The van der Waals surface area contributed by atoms with E-state index in [1.165, 1.54) is 12.1 Å². The van der Waals surface area contributed by atoms with Gasteiger partial charge in [-0.25, -0.2) is 17.9 Å². The van der Waals surface area contributed by atoms with Crippen molar-refractivity contribution in [2.75, 3.05) is 19.4 Å². The van der Waals surface area contributed by atoms with Gasteiger partial charge >= 0.3 is 11.9 Å². The molecule has 0 saturated heterocycles. The smallest absolute Gasteiger partial charge is 0.335 e. The van der Waals surface area contributed by atoms with Crippen molar-refractivity contribution < 1.29 is 27.9 Å². The van der Waals surface area contributed by atoms with Crippen LogP contribution < -0.4 is 4.72 Å². The maximum Gasteiger partial charge on any atom is 0.335 e. The van der Waals surface area contributed by atoms with Crippen LogP contribution in [0.3, 0.4) is 0 Å². The Morgan fingerprint density at radius 2 is 1.85 bits per heavy atom. The summed E-state index contributed by atoms with van der Waals surface area (Å²) in [7, 11) is -2.59. The molecule has 0 saturated carbocycles. The average molecular weight is 301 g/mol. The van der Waals surface area contributed by atoms with Crippen molar-refractivity contribution in [3.8, 4) is 0 Å². The van der Waals surface area contributed by atoms with Gasteiger partial charge in [0.1, 0.15) is 0 Å². The van der Waals surface area contributed by atoms with E-state index in [4.69, 9.17) is 5.11 Å². The normalized spacial score (nSPS) is 11.1. The van der Waals surface area contributed by atoms with E-state index in [1.54, 1.807) is 12.1 Å². The number of methoxy groups -OCH3 is 1. The van der Waals surface area contributed by atoms with Crippen LogP contribution >= 0.6 is 0 Å². The molecule has 0 aliphatic heterocycles. The summed E-state index contributed by atoms with van der Waals surface area (Å²) in [6.45, 7) is 0.117. The summed E-state index contributed by atoms with van der Waals surface area (Å²) in [4.78, 5) is 21.5. The number of carbonyl (C=O) groups excluding carboxylic acids is 1. The quantitative estimate of drug-likeness (QED) is 0.687. The number of carbonyl (C=O) groups is 2. The lowest BCUT2D eigenvalue weighted by Crippen LogP contribution is -2.32. The Bertz CT molecular complexity index is 578. The molecule has 8 heteroatoms. The number of sulfonamides is 1. The second kappa shape index (κ2) is 7.01. The summed E-state index contributed by atoms with van der Waals surface area (Å²) in [5.74, 6) is -2.57. The zero-order valence-electron chi connectivity index (χ0n) is 10.8. The van der Waals surface area contributed by atoms with Crippen molar-refractivity contribution in [2.45, 2.75) is 6.42 Å². The molecule has 2 N–H and O–H groups in total. The third-order valence-corrected chi connectivity index (χ3v) is 3.73. The lowest BCUT2D eigenvalue weighted by Gasteiger charge is -2.06. The molecular formula is C12H15NO6S. The fourth-order valence-electron chi connectivity index (χ4n) is 1.43. The number of nitrogens with one attached hydrogen (secondary N) is 1. The SMILES string of the molecule is COC(=O)CS(=O)(=O)NCCc1ccc(C(=O)O)cc1. The van der Waals surface area contributed by atoms with Gasteiger partial charge in [0.25, 0.3) is 0 Å². The molecule has 0 radical (unpaired) electrons. The molecule has 110 valence electrons. The van der Waals surface area contributed by atoms with Gasteiger partial charge in [-0.3, -0.25) is 4.79 Å². The standard InChI is InChI=1S/C12H15NO6S/c1-19-11(14)8-20(17,18)13-7-6-9-2-4-10(5-3-9)12(15)16/h2-5,13H,6-8H2,1H3,(H,15,16).